The number of benzene rings is 2. The monoisotopic (exact) mass is 422 g/mol. The molecular weight excluding hydrogens is 396 g/mol. The van der Waals surface area contributed by atoms with Crippen LogP contribution in [0.1, 0.15) is 27.7 Å². The Bertz CT molecular complexity index is 1120. The van der Waals surface area contributed by atoms with E-state index in [0.717, 1.165) is 30.0 Å². The molecule has 0 aliphatic carbocycles. The van der Waals surface area contributed by atoms with E-state index in [2.05, 4.69) is 10.2 Å². The molecule has 1 N–H and O–H groups in total. The molecule has 1 saturated heterocycles. The number of rotatable bonds is 6. The van der Waals surface area contributed by atoms with Crippen LogP contribution in [0.4, 0.5) is 0 Å². The van der Waals surface area contributed by atoms with Crippen LogP contribution in [0.2, 0.25) is 0 Å². The Morgan fingerprint density at radius 2 is 1.87 bits per heavy atom. The SMILES string of the molecule is COc1ccc(C(CNC(=O)c2cc(=O)c3ccc(C)cc3o2)N2CCOCC2)cc1. The van der Waals surface area contributed by atoms with Gasteiger partial charge in [-0.1, -0.05) is 18.2 Å². The first-order valence-electron chi connectivity index (χ1n) is 10.3. The van der Waals surface area contributed by atoms with Gasteiger partial charge in [0.2, 0.25) is 0 Å². The number of hydrogen-bond donors (Lipinski definition) is 1. The Balaban J connectivity index is 1.55. The van der Waals surface area contributed by atoms with Crippen molar-refractivity contribution in [1.29, 1.82) is 0 Å². The average molecular weight is 422 g/mol. The molecular formula is C24H26N2O5. The molecule has 31 heavy (non-hydrogen) atoms. The summed E-state index contributed by atoms with van der Waals surface area (Å²) in [5, 5.41) is 3.41. The van der Waals surface area contributed by atoms with Crippen molar-refractivity contribution in [1.82, 2.24) is 10.2 Å². The standard InChI is InChI=1S/C24H26N2O5/c1-16-3-8-19-21(27)14-23(31-22(19)13-16)24(28)25-15-20(26-9-11-30-12-10-26)17-4-6-18(29-2)7-5-17/h3-8,13-14,20H,9-12,15H2,1-2H3,(H,25,28). The minimum absolute atomic E-state index is 0.0126. The molecule has 7 nitrogen and oxygen atoms in total. The molecule has 1 aliphatic rings. The normalized spacial score (nSPS) is 15.5. The molecule has 1 amide bonds. The van der Waals surface area contributed by atoms with E-state index in [9.17, 15) is 9.59 Å². The lowest BCUT2D eigenvalue weighted by atomic mass is 10.0. The molecule has 3 aromatic rings. The summed E-state index contributed by atoms with van der Waals surface area (Å²) in [6.07, 6.45) is 0. The van der Waals surface area contributed by atoms with E-state index in [1.54, 1.807) is 19.2 Å². The summed E-state index contributed by atoms with van der Waals surface area (Å²) in [7, 11) is 1.63. The number of amides is 1. The number of nitrogens with one attached hydrogen (secondary N) is 1. The van der Waals surface area contributed by atoms with Crippen molar-refractivity contribution >= 4 is 16.9 Å². The van der Waals surface area contributed by atoms with Crippen LogP contribution in [0.15, 0.2) is 57.7 Å². The predicted molar refractivity (Wildman–Crippen MR) is 118 cm³/mol. The average Bonchev–Trinajstić information content (AvgIpc) is 2.79. The number of fused-ring (bicyclic) bond motifs is 1. The van der Waals surface area contributed by atoms with Gasteiger partial charge in [-0.3, -0.25) is 14.5 Å². The quantitative estimate of drug-likeness (QED) is 0.658. The number of nitrogens with zero attached hydrogens (tertiary/aromatic N) is 1. The number of aryl methyl sites for hydroxylation is 1. The fourth-order valence-corrected chi connectivity index (χ4v) is 3.82. The summed E-state index contributed by atoms with van der Waals surface area (Å²) in [5.74, 6) is 0.382. The first-order chi connectivity index (χ1) is 15.0. The van der Waals surface area contributed by atoms with Gasteiger partial charge in [-0.25, -0.2) is 0 Å². The lowest BCUT2D eigenvalue weighted by molar-refractivity contribution is 0.0161. The van der Waals surface area contributed by atoms with Gasteiger partial charge in [0.15, 0.2) is 11.2 Å². The predicted octanol–water partition coefficient (Wildman–Crippen LogP) is 2.91. The first kappa shape index (κ1) is 21.1. The summed E-state index contributed by atoms with van der Waals surface area (Å²) in [6.45, 7) is 5.14. The van der Waals surface area contributed by atoms with Crippen LogP contribution in [0, 0.1) is 6.92 Å². The zero-order valence-corrected chi connectivity index (χ0v) is 17.7. The van der Waals surface area contributed by atoms with Crippen LogP contribution >= 0.6 is 0 Å². The molecule has 0 saturated carbocycles. The highest BCUT2D eigenvalue weighted by molar-refractivity contribution is 5.93. The minimum Gasteiger partial charge on any atom is -0.497 e. The summed E-state index contributed by atoms with van der Waals surface area (Å²) in [6, 6.07) is 14.4. The maximum Gasteiger partial charge on any atom is 0.287 e. The van der Waals surface area contributed by atoms with Gasteiger partial charge in [0.1, 0.15) is 11.3 Å². The fourth-order valence-electron chi connectivity index (χ4n) is 3.82. The second kappa shape index (κ2) is 9.32. The number of ether oxygens (including phenoxy) is 2. The largest absolute Gasteiger partial charge is 0.497 e. The molecule has 2 aromatic carbocycles. The Hall–Kier alpha value is -3.16. The molecule has 0 bridgehead atoms. The zero-order chi connectivity index (χ0) is 21.8. The Morgan fingerprint density at radius 1 is 1.13 bits per heavy atom. The highest BCUT2D eigenvalue weighted by Crippen LogP contribution is 2.24. The van der Waals surface area contributed by atoms with Gasteiger partial charge >= 0.3 is 0 Å². The van der Waals surface area contributed by atoms with Crippen LogP contribution < -0.4 is 15.5 Å². The number of hydrogen-bond acceptors (Lipinski definition) is 6. The third-order valence-corrected chi connectivity index (χ3v) is 5.55. The van der Waals surface area contributed by atoms with Crippen molar-refractivity contribution in [3.05, 3.63) is 75.6 Å². The summed E-state index contributed by atoms with van der Waals surface area (Å²) in [4.78, 5) is 27.5. The van der Waals surface area contributed by atoms with Crippen molar-refractivity contribution < 1.29 is 18.7 Å². The van der Waals surface area contributed by atoms with E-state index >= 15 is 0 Å². The van der Waals surface area contributed by atoms with E-state index in [4.69, 9.17) is 13.9 Å². The maximum absolute atomic E-state index is 12.8. The second-order valence-corrected chi connectivity index (χ2v) is 7.62. The minimum atomic E-state index is -0.410. The lowest BCUT2D eigenvalue weighted by Gasteiger charge is -2.35. The number of morpholine rings is 1. The van der Waals surface area contributed by atoms with Crippen LogP contribution in [0.25, 0.3) is 11.0 Å². The zero-order valence-electron chi connectivity index (χ0n) is 17.7. The van der Waals surface area contributed by atoms with E-state index in [-0.39, 0.29) is 17.2 Å². The molecule has 1 fully saturated rings. The first-order valence-corrected chi connectivity index (χ1v) is 10.3. The highest BCUT2D eigenvalue weighted by Gasteiger charge is 2.24. The number of methoxy groups -OCH3 is 1. The van der Waals surface area contributed by atoms with E-state index in [1.807, 2.05) is 37.3 Å². The summed E-state index contributed by atoms with van der Waals surface area (Å²) >= 11 is 0. The smallest absolute Gasteiger partial charge is 0.287 e. The third-order valence-electron chi connectivity index (χ3n) is 5.55. The summed E-state index contributed by atoms with van der Waals surface area (Å²) in [5.41, 5.74) is 2.21. The Kier molecular flexibility index (Phi) is 6.34. The van der Waals surface area contributed by atoms with Crippen molar-refractivity contribution in [3.8, 4) is 5.75 Å². The van der Waals surface area contributed by atoms with Crippen molar-refractivity contribution in [2.45, 2.75) is 13.0 Å². The lowest BCUT2D eigenvalue weighted by Crippen LogP contribution is -2.43. The van der Waals surface area contributed by atoms with E-state index in [1.165, 1.54) is 6.07 Å². The number of carbonyl (C=O) groups excluding carboxylic acids is 1. The molecule has 1 aromatic heterocycles. The van der Waals surface area contributed by atoms with Gasteiger partial charge < -0.3 is 19.2 Å². The molecule has 1 unspecified atom stereocenters. The van der Waals surface area contributed by atoms with Crippen molar-refractivity contribution in [3.63, 3.8) is 0 Å². The molecule has 162 valence electrons. The van der Waals surface area contributed by atoms with Gasteiger partial charge in [-0.2, -0.15) is 0 Å². The summed E-state index contributed by atoms with van der Waals surface area (Å²) < 4.78 is 16.5. The van der Waals surface area contributed by atoms with Gasteiger partial charge in [-0.15, -0.1) is 0 Å². The molecule has 7 heteroatoms. The molecule has 4 rings (SSSR count). The van der Waals surface area contributed by atoms with Crippen LogP contribution in [-0.4, -0.2) is 50.8 Å². The molecule has 2 heterocycles. The van der Waals surface area contributed by atoms with Crippen LogP contribution in [0.3, 0.4) is 0 Å². The van der Waals surface area contributed by atoms with E-state index in [0.29, 0.717) is 30.7 Å². The fraction of sp³-hybridized carbons (Fsp3) is 0.333. The molecule has 1 atom stereocenters. The number of carbonyl (C=O) groups is 1. The van der Waals surface area contributed by atoms with Gasteiger partial charge in [0, 0.05) is 25.7 Å². The van der Waals surface area contributed by atoms with Crippen molar-refractivity contribution in [2.24, 2.45) is 0 Å². The molecule has 0 radical (unpaired) electrons. The Morgan fingerprint density at radius 3 is 2.58 bits per heavy atom. The van der Waals surface area contributed by atoms with Crippen molar-refractivity contribution in [2.75, 3.05) is 40.0 Å². The maximum atomic E-state index is 12.8. The Labute approximate surface area is 180 Å². The molecule has 1 aliphatic heterocycles. The third kappa shape index (κ3) is 4.78. The topological polar surface area (TPSA) is 81.0 Å². The van der Waals surface area contributed by atoms with E-state index < -0.39 is 5.91 Å². The highest BCUT2D eigenvalue weighted by atomic mass is 16.5. The van der Waals surface area contributed by atoms with Gasteiger partial charge in [0.25, 0.3) is 5.91 Å². The van der Waals surface area contributed by atoms with Gasteiger partial charge in [0.05, 0.1) is 31.8 Å². The van der Waals surface area contributed by atoms with Gasteiger partial charge in [-0.05, 0) is 42.3 Å². The van der Waals surface area contributed by atoms with Crippen LogP contribution in [-0.2, 0) is 4.74 Å². The van der Waals surface area contributed by atoms with Crippen LogP contribution in [0.5, 0.6) is 5.75 Å². The second-order valence-electron chi connectivity index (χ2n) is 7.62. The molecule has 0 spiro atoms.